The van der Waals surface area contributed by atoms with E-state index in [-0.39, 0.29) is 12.0 Å². The van der Waals surface area contributed by atoms with Crippen LogP contribution in [0.5, 0.6) is 0 Å². The molecule has 4 rings (SSSR count). The number of halogens is 3. The largest absolute Gasteiger partial charge is 0.471 e. The highest BCUT2D eigenvalue weighted by Crippen LogP contribution is 2.56. The number of benzene rings is 1. The van der Waals surface area contributed by atoms with Crippen LogP contribution < -0.4 is 0 Å². The molecule has 1 aliphatic carbocycles. The molecule has 0 spiro atoms. The SMILES string of the molecule is Cc1nc2cc3c(cc2o1)C[C@H]1N(C(=O)C(F)(F)F)CC[C@]3(C)C1(C)C. The number of oxazole rings is 1. The van der Waals surface area contributed by atoms with Crippen molar-refractivity contribution in [1.29, 1.82) is 0 Å². The molecule has 2 heterocycles. The van der Waals surface area contributed by atoms with Crippen LogP contribution in [0, 0.1) is 12.3 Å². The number of amides is 1. The fourth-order valence-electron chi connectivity index (χ4n) is 4.85. The van der Waals surface area contributed by atoms with Crippen LogP contribution in [0.15, 0.2) is 16.5 Å². The number of hydrogen-bond donors (Lipinski definition) is 0. The van der Waals surface area contributed by atoms with Gasteiger partial charge in [-0.25, -0.2) is 4.98 Å². The van der Waals surface area contributed by atoms with Gasteiger partial charge in [-0.3, -0.25) is 4.79 Å². The normalized spacial score (nSPS) is 27.5. The van der Waals surface area contributed by atoms with Gasteiger partial charge in [-0.1, -0.05) is 20.8 Å². The highest BCUT2D eigenvalue weighted by Gasteiger charge is 2.59. The minimum absolute atomic E-state index is 0.109. The number of nitrogens with zero attached hydrogens (tertiary/aromatic N) is 2. The summed E-state index contributed by atoms with van der Waals surface area (Å²) >= 11 is 0. The number of aryl methyl sites for hydroxylation is 1. The Morgan fingerprint density at radius 2 is 2.00 bits per heavy atom. The first kappa shape index (κ1) is 17.4. The van der Waals surface area contributed by atoms with Crippen molar-refractivity contribution in [1.82, 2.24) is 9.88 Å². The molecule has 1 fully saturated rings. The van der Waals surface area contributed by atoms with Gasteiger partial charge in [0.1, 0.15) is 5.52 Å². The minimum Gasteiger partial charge on any atom is -0.441 e. The minimum atomic E-state index is -4.85. The van der Waals surface area contributed by atoms with Crippen LogP contribution in [-0.2, 0) is 16.6 Å². The van der Waals surface area contributed by atoms with Gasteiger partial charge < -0.3 is 9.32 Å². The van der Waals surface area contributed by atoms with Crippen LogP contribution in [0.3, 0.4) is 0 Å². The number of likely N-dealkylation sites (tertiary alicyclic amines) is 1. The molecule has 0 N–H and O–H groups in total. The molecule has 26 heavy (non-hydrogen) atoms. The lowest BCUT2D eigenvalue weighted by Gasteiger charge is -2.60. The van der Waals surface area contributed by atoms with Crippen molar-refractivity contribution in [2.45, 2.75) is 58.2 Å². The first-order chi connectivity index (χ1) is 11.9. The molecule has 2 aliphatic rings. The number of alkyl halides is 3. The Balaban J connectivity index is 1.87. The van der Waals surface area contributed by atoms with Gasteiger partial charge in [-0.05, 0) is 41.5 Å². The molecular weight excluding hydrogens is 345 g/mol. The fraction of sp³-hybridized carbons (Fsp3) is 0.579. The van der Waals surface area contributed by atoms with E-state index < -0.39 is 23.5 Å². The monoisotopic (exact) mass is 366 g/mol. The molecular formula is C19H21F3N2O2. The number of carbonyl (C=O) groups excluding carboxylic acids is 1. The van der Waals surface area contributed by atoms with Crippen LogP contribution in [0.1, 0.15) is 44.2 Å². The van der Waals surface area contributed by atoms with Crippen molar-refractivity contribution < 1.29 is 22.4 Å². The van der Waals surface area contributed by atoms with E-state index >= 15 is 0 Å². The zero-order chi connectivity index (χ0) is 19.1. The second-order valence-corrected chi connectivity index (χ2v) is 8.23. The average Bonchev–Trinajstić information content (AvgIpc) is 2.87. The second kappa shape index (κ2) is 5.02. The molecule has 7 heteroatoms. The Morgan fingerprint density at radius 1 is 1.31 bits per heavy atom. The van der Waals surface area contributed by atoms with Crippen molar-refractivity contribution in [3.8, 4) is 0 Å². The standard InChI is InChI=1S/C19H21F3N2O2/c1-10-23-13-9-12-11(7-14(13)26-10)8-15-17(2,3)18(12,4)5-6-24(15)16(25)19(20,21)22/h7,9,15H,5-6,8H2,1-4H3/t15-,18+/m1/s1. The molecule has 2 atom stereocenters. The lowest BCUT2D eigenvalue weighted by molar-refractivity contribution is -0.195. The summed E-state index contributed by atoms with van der Waals surface area (Å²) in [5.74, 6) is -1.18. The Hall–Kier alpha value is -2.05. The third kappa shape index (κ3) is 2.15. The number of rotatable bonds is 0. The zero-order valence-electron chi connectivity index (χ0n) is 15.2. The summed E-state index contributed by atoms with van der Waals surface area (Å²) < 4.78 is 44.9. The van der Waals surface area contributed by atoms with E-state index in [2.05, 4.69) is 11.9 Å². The first-order valence-electron chi connectivity index (χ1n) is 8.73. The van der Waals surface area contributed by atoms with Crippen molar-refractivity contribution in [3.63, 3.8) is 0 Å². The Bertz CT molecular complexity index is 915. The van der Waals surface area contributed by atoms with E-state index in [4.69, 9.17) is 4.42 Å². The van der Waals surface area contributed by atoms with E-state index in [0.29, 0.717) is 24.3 Å². The summed E-state index contributed by atoms with van der Waals surface area (Å²) in [6, 6.07) is 3.39. The molecule has 1 aromatic carbocycles. The van der Waals surface area contributed by atoms with Crippen molar-refractivity contribution in [2.75, 3.05) is 6.54 Å². The maximum atomic E-state index is 13.1. The highest BCUT2D eigenvalue weighted by atomic mass is 19.4. The Kier molecular flexibility index (Phi) is 3.35. The Labute approximate surface area is 149 Å². The van der Waals surface area contributed by atoms with Gasteiger partial charge in [0.05, 0.1) is 0 Å². The Morgan fingerprint density at radius 3 is 2.65 bits per heavy atom. The number of hydrogen-bond acceptors (Lipinski definition) is 3. The van der Waals surface area contributed by atoms with E-state index in [0.717, 1.165) is 21.5 Å². The van der Waals surface area contributed by atoms with Crippen molar-refractivity contribution in [2.24, 2.45) is 5.41 Å². The number of piperidine rings is 1. The molecule has 4 nitrogen and oxygen atoms in total. The second-order valence-electron chi connectivity index (χ2n) is 8.23. The molecule has 1 saturated heterocycles. The smallest absolute Gasteiger partial charge is 0.441 e. The van der Waals surface area contributed by atoms with Gasteiger partial charge in [-0.2, -0.15) is 13.2 Å². The molecule has 2 aromatic rings. The van der Waals surface area contributed by atoms with Gasteiger partial charge in [0.2, 0.25) is 0 Å². The van der Waals surface area contributed by atoms with Gasteiger partial charge in [0, 0.05) is 24.9 Å². The number of fused-ring (bicyclic) bond motifs is 5. The van der Waals surface area contributed by atoms with Crippen molar-refractivity contribution >= 4 is 17.0 Å². The molecule has 0 radical (unpaired) electrons. The zero-order valence-corrected chi connectivity index (χ0v) is 15.2. The summed E-state index contributed by atoms with van der Waals surface area (Å²) in [7, 11) is 0. The van der Waals surface area contributed by atoms with Crippen LogP contribution >= 0.6 is 0 Å². The summed E-state index contributed by atoms with van der Waals surface area (Å²) in [6.45, 7) is 7.90. The summed E-state index contributed by atoms with van der Waals surface area (Å²) in [5.41, 5.74) is 2.63. The molecule has 1 aliphatic heterocycles. The highest BCUT2D eigenvalue weighted by molar-refractivity contribution is 5.83. The van der Waals surface area contributed by atoms with Gasteiger partial charge in [0.25, 0.3) is 0 Å². The third-order valence-electron chi connectivity index (χ3n) is 6.72. The van der Waals surface area contributed by atoms with E-state index in [1.807, 2.05) is 26.0 Å². The average molecular weight is 366 g/mol. The van der Waals surface area contributed by atoms with Gasteiger partial charge >= 0.3 is 12.1 Å². The van der Waals surface area contributed by atoms with Crippen LogP contribution in [-0.4, -0.2) is 34.6 Å². The summed E-state index contributed by atoms with van der Waals surface area (Å²) in [4.78, 5) is 17.4. The molecule has 0 unspecified atom stereocenters. The van der Waals surface area contributed by atoms with E-state index in [1.165, 1.54) is 0 Å². The third-order valence-corrected chi connectivity index (χ3v) is 6.72. The lowest BCUT2D eigenvalue weighted by Crippen LogP contribution is -2.66. The topological polar surface area (TPSA) is 46.3 Å². The maximum Gasteiger partial charge on any atom is 0.471 e. The first-order valence-corrected chi connectivity index (χ1v) is 8.73. The number of carbonyl (C=O) groups is 1. The van der Waals surface area contributed by atoms with Crippen molar-refractivity contribution in [3.05, 3.63) is 29.2 Å². The quantitative estimate of drug-likeness (QED) is 0.704. The van der Waals surface area contributed by atoms with Gasteiger partial charge in [-0.15, -0.1) is 0 Å². The van der Waals surface area contributed by atoms with Gasteiger partial charge in [0.15, 0.2) is 11.5 Å². The predicted octanol–water partition coefficient (Wildman–Crippen LogP) is 4.14. The molecule has 1 amide bonds. The van der Waals surface area contributed by atoms with Crippen LogP contribution in [0.2, 0.25) is 0 Å². The molecule has 1 aromatic heterocycles. The van der Waals surface area contributed by atoms with Crippen LogP contribution in [0.4, 0.5) is 13.2 Å². The summed E-state index contributed by atoms with van der Waals surface area (Å²) in [5, 5.41) is 0. The number of aromatic nitrogens is 1. The van der Waals surface area contributed by atoms with Crippen LogP contribution in [0.25, 0.3) is 11.1 Å². The fourth-order valence-corrected chi connectivity index (χ4v) is 4.85. The van der Waals surface area contributed by atoms with E-state index in [1.54, 1.807) is 6.92 Å². The lowest BCUT2D eigenvalue weighted by atomic mass is 9.51. The molecule has 140 valence electrons. The molecule has 2 bridgehead atoms. The molecule has 0 saturated carbocycles. The summed E-state index contributed by atoms with van der Waals surface area (Å²) in [6.07, 6.45) is -3.99. The van der Waals surface area contributed by atoms with E-state index in [9.17, 15) is 18.0 Å². The maximum absolute atomic E-state index is 13.1. The predicted molar refractivity (Wildman–Crippen MR) is 89.8 cm³/mol.